The van der Waals surface area contributed by atoms with Gasteiger partial charge in [0.25, 0.3) is 0 Å². The van der Waals surface area contributed by atoms with Gasteiger partial charge in [0.15, 0.2) is 0 Å². The number of aryl methyl sites for hydroxylation is 2. The predicted octanol–water partition coefficient (Wildman–Crippen LogP) is 2.49. The van der Waals surface area contributed by atoms with Crippen molar-refractivity contribution in [3.8, 4) is 0 Å². The van der Waals surface area contributed by atoms with Crippen molar-refractivity contribution >= 4 is 17.4 Å². The van der Waals surface area contributed by atoms with Crippen molar-refractivity contribution in [2.24, 2.45) is 0 Å². The number of halogens is 1. The molecule has 2 aromatic heterocycles. The molecule has 0 aliphatic heterocycles. The SMILES string of the molecule is CCn1ncc(Cl)c1C(=O)c1ccc(C)nc1. The molecule has 0 unspecified atom stereocenters. The van der Waals surface area contributed by atoms with Crippen LogP contribution < -0.4 is 0 Å². The molecule has 0 bridgehead atoms. The van der Waals surface area contributed by atoms with Gasteiger partial charge in [-0.3, -0.25) is 14.5 Å². The van der Waals surface area contributed by atoms with Gasteiger partial charge in [-0.1, -0.05) is 11.6 Å². The monoisotopic (exact) mass is 249 g/mol. The van der Waals surface area contributed by atoms with E-state index in [1.54, 1.807) is 23.0 Å². The summed E-state index contributed by atoms with van der Waals surface area (Å²) < 4.78 is 1.59. The van der Waals surface area contributed by atoms with Gasteiger partial charge in [-0.05, 0) is 26.0 Å². The van der Waals surface area contributed by atoms with Crippen LogP contribution in [0.2, 0.25) is 5.02 Å². The van der Waals surface area contributed by atoms with Crippen LogP contribution >= 0.6 is 11.6 Å². The molecule has 0 radical (unpaired) electrons. The van der Waals surface area contributed by atoms with Gasteiger partial charge in [0.05, 0.1) is 11.2 Å². The zero-order chi connectivity index (χ0) is 12.4. The lowest BCUT2D eigenvalue weighted by atomic mass is 10.1. The molecule has 0 saturated heterocycles. The third kappa shape index (κ3) is 2.22. The summed E-state index contributed by atoms with van der Waals surface area (Å²) in [4.78, 5) is 16.3. The van der Waals surface area contributed by atoms with Crippen LogP contribution in [0.15, 0.2) is 24.5 Å². The first-order valence-corrected chi connectivity index (χ1v) is 5.70. The largest absolute Gasteiger partial charge is 0.287 e. The number of carbonyl (C=O) groups is 1. The first-order valence-electron chi connectivity index (χ1n) is 5.32. The number of ketones is 1. The van der Waals surface area contributed by atoms with Crippen LogP contribution in [0.1, 0.15) is 28.7 Å². The highest BCUT2D eigenvalue weighted by Crippen LogP contribution is 2.19. The summed E-state index contributed by atoms with van der Waals surface area (Å²) in [5.74, 6) is -0.151. The summed E-state index contributed by atoms with van der Waals surface area (Å²) in [6.45, 7) is 4.39. The fourth-order valence-electron chi connectivity index (χ4n) is 1.57. The van der Waals surface area contributed by atoms with Crippen LogP contribution in [-0.4, -0.2) is 20.5 Å². The molecule has 2 aromatic rings. The summed E-state index contributed by atoms with van der Waals surface area (Å²) in [5.41, 5.74) is 1.81. The molecule has 2 rings (SSSR count). The lowest BCUT2D eigenvalue weighted by Crippen LogP contribution is -2.11. The Balaban J connectivity index is 2.43. The Kier molecular flexibility index (Phi) is 3.24. The highest BCUT2D eigenvalue weighted by atomic mass is 35.5. The molecule has 17 heavy (non-hydrogen) atoms. The first kappa shape index (κ1) is 11.8. The fraction of sp³-hybridized carbons (Fsp3) is 0.250. The molecule has 5 heteroatoms. The van der Waals surface area contributed by atoms with E-state index in [0.29, 0.717) is 22.8 Å². The molecule has 0 spiro atoms. The Bertz CT molecular complexity index is 545. The maximum atomic E-state index is 12.2. The number of pyridine rings is 1. The van der Waals surface area contributed by atoms with Gasteiger partial charge in [-0.25, -0.2) is 0 Å². The van der Waals surface area contributed by atoms with E-state index in [-0.39, 0.29) is 5.78 Å². The van der Waals surface area contributed by atoms with Crippen molar-refractivity contribution in [1.82, 2.24) is 14.8 Å². The van der Waals surface area contributed by atoms with Gasteiger partial charge >= 0.3 is 0 Å². The number of aromatic nitrogens is 3. The Hall–Kier alpha value is -1.68. The molecule has 0 atom stereocenters. The Morgan fingerprint density at radius 3 is 2.76 bits per heavy atom. The zero-order valence-electron chi connectivity index (χ0n) is 9.64. The highest BCUT2D eigenvalue weighted by molar-refractivity contribution is 6.34. The Morgan fingerprint density at radius 2 is 2.18 bits per heavy atom. The molecule has 0 N–H and O–H groups in total. The van der Waals surface area contributed by atoms with Crippen LogP contribution in [0.25, 0.3) is 0 Å². The van der Waals surface area contributed by atoms with E-state index < -0.39 is 0 Å². The summed E-state index contributed by atoms with van der Waals surface area (Å²) in [7, 11) is 0. The number of rotatable bonds is 3. The molecule has 4 nitrogen and oxygen atoms in total. The number of hydrogen-bond donors (Lipinski definition) is 0. The fourth-order valence-corrected chi connectivity index (χ4v) is 1.79. The lowest BCUT2D eigenvalue weighted by Gasteiger charge is -2.04. The van der Waals surface area contributed by atoms with Gasteiger partial charge in [0.2, 0.25) is 5.78 Å². The number of hydrogen-bond acceptors (Lipinski definition) is 3. The van der Waals surface area contributed by atoms with Gasteiger partial charge in [0.1, 0.15) is 5.69 Å². The third-order valence-electron chi connectivity index (χ3n) is 2.48. The first-order chi connectivity index (χ1) is 8.13. The third-order valence-corrected chi connectivity index (χ3v) is 2.76. The molecule has 0 amide bonds. The highest BCUT2D eigenvalue weighted by Gasteiger charge is 2.18. The van der Waals surface area contributed by atoms with Crippen molar-refractivity contribution in [2.45, 2.75) is 20.4 Å². The summed E-state index contributed by atoms with van der Waals surface area (Å²) in [6.07, 6.45) is 3.04. The van der Waals surface area contributed by atoms with Gasteiger partial charge < -0.3 is 0 Å². The molecule has 0 aromatic carbocycles. The van der Waals surface area contributed by atoms with Gasteiger partial charge in [0, 0.05) is 24.0 Å². The number of carbonyl (C=O) groups excluding carboxylic acids is 1. The second kappa shape index (κ2) is 4.67. The van der Waals surface area contributed by atoms with Crippen LogP contribution in [0.4, 0.5) is 0 Å². The molecule has 0 fully saturated rings. The van der Waals surface area contributed by atoms with Crippen molar-refractivity contribution in [3.05, 3.63) is 46.5 Å². The van der Waals surface area contributed by atoms with Crippen LogP contribution in [-0.2, 0) is 6.54 Å². The average molecular weight is 250 g/mol. The minimum atomic E-state index is -0.151. The molecule has 0 saturated carbocycles. The summed E-state index contributed by atoms with van der Waals surface area (Å²) in [5, 5.41) is 4.41. The zero-order valence-corrected chi connectivity index (χ0v) is 10.4. The topological polar surface area (TPSA) is 47.8 Å². The molecule has 0 aliphatic carbocycles. The average Bonchev–Trinajstić information content (AvgIpc) is 2.70. The normalized spacial score (nSPS) is 10.5. The summed E-state index contributed by atoms with van der Waals surface area (Å²) in [6, 6.07) is 3.54. The molecular formula is C12H12ClN3O. The van der Waals surface area contributed by atoms with E-state index in [9.17, 15) is 4.79 Å². The van der Waals surface area contributed by atoms with E-state index in [2.05, 4.69) is 10.1 Å². The smallest absolute Gasteiger partial charge is 0.214 e. The lowest BCUT2D eigenvalue weighted by molar-refractivity contribution is 0.102. The number of nitrogens with zero attached hydrogens (tertiary/aromatic N) is 3. The maximum Gasteiger partial charge on any atom is 0.214 e. The minimum Gasteiger partial charge on any atom is -0.287 e. The Morgan fingerprint density at radius 1 is 1.41 bits per heavy atom. The minimum absolute atomic E-state index is 0.151. The maximum absolute atomic E-state index is 12.2. The second-order valence-corrected chi connectivity index (χ2v) is 4.08. The molecule has 0 aliphatic rings. The van der Waals surface area contributed by atoms with Gasteiger partial charge in [-0.15, -0.1) is 0 Å². The second-order valence-electron chi connectivity index (χ2n) is 3.67. The van der Waals surface area contributed by atoms with Crippen LogP contribution in [0.3, 0.4) is 0 Å². The standard InChI is InChI=1S/C12H12ClN3O/c1-3-16-11(10(13)7-15-16)12(17)9-5-4-8(2)14-6-9/h4-7H,3H2,1-2H3. The van der Waals surface area contributed by atoms with Gasteiger partial charge in [-0.2, -0.15) is 5.10 Å². The quantitative estimate of drug-likeness (QED) is 0.786. The molecular weight excluding hydrogens is 238 g/mol. The van der Waals surface area contributed by atoms with Crippen molar-refractivity contribution in [3.63, 3.8) is 0 Å². The van der Waals surface area contributed by atoms with E-state index in [1.807, 2.05) is 13.8 Å². The molecule has 2 heterocycles. The van der Waals surface area contributed by atoms with E-state index in [4.69, 9.17) is 11.6 Å². The Labute approximate surface area is 104 Å². The van der Waals surface area contributed by atoms with E-state index in [0.717, 1.165) is 5.69 Å². The van der Waals surface area contributed by atoms with E-state index in [1.165, 1.54) is 6.20 Å². The van der Waals surface area contributed by atoms with Crippen molar-refractivity contribution < 1.29 is 4.79 Å². The van der Waals surface area contributed by atoms with E-state index >= 15 is 0 Å². The van der Waals surface area contributed by atoms with Crippen LogP contribution in [0, 0.1) is 6.92 Å². The predicted molar refractivity (Wildman–Crippen MR) is 65.3 cm³/mol. The van der Waals surface area contributed by atoms with Crippen LogP contribution in [0.5, 0.6) is 0 Å². The summed E-state index contributed by atoms with van der Waals surface area (Å²) >= 11 is 5.98. The molecule has 88 valence electrons. The van der Waals surface area contributed by atoms with Crippen molar-refractivity contribution in [1.29, 1.82) is 0 Å². The van der Waals surface area contributed by atoms with Crippen molar-refractivity contribution in [2.75, 3.05) is 0 Å².